The van der Waals surface area contributed by atoms with Gasteiger partial charge in [-0.05, 0) is 101 Å². The number of fused-ring (bicyclic) bond motifs is 1. The third-order valence-corrected chi connectivity index (χ3v) is 7.98. The smallest absolute Gasteiger partial charge is 0.408 e. The summed E-state index contributed by atoms with van der Waals surface area (Å²) in [6, 6.07) is 20.1. The van der Waals surface area contributed by atoms with Gasteiger partial charge in [-0.3, -0.25) is 0 Å². The SMILES string of the molecule is Cc1nc(Nc2ccc(F)cc2)nc(N2CCc3cc(OC(=O)[C@H](COCc4ccccc4)NC(=O)OC(C)(C)C)ccc3C2C)c1C. The van der Waals surface area contributed by atoms with Gasteiger partial charge in [-0.1, -0.05) is 36.4 Å². The molecule has 0 saturated carbocycles. The topological polar surface area (TPSA) is 115 Å². The monoisotopic (exact) mass is 655 g/mol. The van der Waals surface area contributed by atoms with Gasteiger partial charge in [0.05, 0.1) is 19.3 Å². The lowest BCUT2D eigenvalue weighted by Crippen LogP contribution is -2.47. The minimum absolute atomic E-state index is 0.0295. The van der Waals surface area contributed by atoms with Crippen molar-refractivity contribution in [3.8, 4) is 5.75 Å². The minimum Gasteiger partial charge on any atom is -0.444 e. The number of aryl methyl sites for hydroxylation is 1. The maximum Gasteiger partial charge on any atom is 0.408 e. The Hall–Kier alpha value is -5.03. The fraction of sp³-hybridized carbons (Fsp3) is 0.351. The molecule has 2 atom stereocenters. The first kappa shape index (κ1) is 34.3. The van der Waals surface area contributed by atoms with Gasteiger partial charge >= 0.3 is 12.1 Å². The Balaban J connectivity index is 1.29. The highest BCUT2D eigenvalue weighted by molar-refractivity contribution is 5.83. The van der Waals surface area contributed by atoms with Crippen molar-refractivity contribution in [1.29, 1.82) is 0 Å². The Morgan fingerprint density at radius 1 is 1.02 bits per heavy atom. The molecule has 2 N–H and O–H groups in total. The van der Waals surface area contributed by atoms with Crippen molar-refractivity contribution in [1.82, 2.24) is 15.3 Å². The molecule has 0 aliphatic carbocycles. The van der Waals surface area contributed by atoms with Crippen molar-refractivity contribution in [2.45, 2.75) is 72.3 Å². The molecule has 4 aromatic rings. The van der Waals surface area contributed by atoms with Crippen molar-refractivity contribution in [2.75, 3.05) is 23.4 Å². The molecule has 1 aromatic heterocycles. The molecule has 48 heavy (non-hydrogen) atoms. The number of anilines is 3. The molecule has 0 bridgehead atoms. The maximum atomic E-state index is 13.4. The summed E-state index contributed by atoms with van der Waals surface area (Å²) < 4.78 is 30.4. The van der Waals surface area contributed by atoms with E-state index in [9.17, 15) is 14.0 Å². The zero-order valence-corrected chi connectivity index (χ0v) is 28.2. The summed E-state index contributed by atoms with van der Waals surface area (Å²) in [5.74, 6) is 0.645. The van der Waals surface area contributed by atoms with Crippen LogP contribution in [-0.2, 0) is 27.3 Å². The van der Waals surface area contributed by atoms with Crippen LogP contribution in [0.3, 0.4) is 0 Å². The molecular formula is C37H42FN5O5. The molecule has 3 aromatic carbocycles. The number of rotatable bonds is 10. The van der Waals surface area contributed by atoms with Gasteiger partial charge in [0.1, 0.15) is 23.0 Å². The predicted molar refractivity (Wildman–Crippen MR) is 182 cm³/mol. The molecule has 1 amide bonds. The summed E-state index contributed by atoms with van der Waals surface area (Å²) in [5, 5.41) is 5.79. The number of esters is 1. The van der Waals surface area contributed by atoms with Crippen LogP contribution in [0.4, 0.5) is 26.6 Å². The molecule has 10 nitrogen and oxygen atoms in total. The second-order valence-electron chi connectivity index (χ2n) is 12.8. The standard InChI is InChI=1S/C37H42FN5O5/c1-23-24(2)39-35(40-29-14-12-28(38)13-15-29)42-33(23)43-19-18-27-20-30(16-17-31(27)25(43)3)47-34(44)32(41-36(45)48-37(4,5)6)22-46-21-26-10-8-7-9-11-26/h7-17,20,25,32H,18-19,21-22H2,1-6H3,(H,41,45)(H,39,40,42)/t25?,32-/m0/s1. The first-order valence-electron chi connectivity index (χ1n) is 16.0. The number of amides is 1. The van der Waals surface area contributed by atoms with Crippen molar-refractivity contribution in [2.24, 2.45) is 0 Å². The molecule has 0 fully saturated rings. The number of alkyl carbamates (subject to hydrolysis) is 1. The molecule has 1 aliphatic rings. The summed E-state index contributed by atoms with van der Waals surface area (Å²) in [7, 11) is 0. The number of aromatic nitrogens is 2. The zero-order valence-electron chi connectivity index (χ0n) is 28.2. The Morgan fingerprint density at radius 3 is 2.46 bits per heavy atom. The van der Waals surface area contributed by atoms with Gasteiger partial charge in [0.25, 0.3) is 0 Å². The third kappa shape index (κ3) is 8.86. The van der Waals surface area contributed by atoms with E-state index in [2.05, 4.69) is 27.4 Å². The van der Waals surface area contributed by atoms with Gasteiger partial charge in [-0.15, -0.1) is 0 Å². The van der Waals surface area contributed by atoms with Crippen molar-refractivity contribution in [3.05, 3.63) is 107 Å². The molecule has 5 rings (SSSR count). The van der Waals surface area contributed by atoms with E-state index >= 15 is 0 Å². The van der Waals surface area contributed by atoms with Crippen LogP contribution in [0.25, 0.3) is 0 Å². The number of carbonyl (C=O) groups excluding carboxylic acids is 2. The fourth-order valence-electron chi connectivity index (χ4n) is 5.45. The number of benzene rings is 3. The lowest BCUT2D eigenvalue weighted by molar-refractivity contribution is -0.138. The molecular weight excluding hydrogens is 613 g/mol. The zero-order chi connectivity index (χ0) is 34.4. The number of hydrogen-bond acceptors (Lipinski definition) is 9. The average molecular weight is 656 g/mol. The van der Waals surface area contributed by atoms with Crippen molar-refractivity contribution in [3.63, 3.8) is 0 Å². The normalized spacial score (nSPS) is 14.9. The number of carbonyl (C=O) groups is 2. The van der Waals surface area contributed by atoms with Gasteiger partial charge in [0.15, 0.2) is 6.04 Å². The van der Waals surface area contributed by atoms with Crippen LogP contribution >= 0.6 is 0 Å². The summed E-state index contributed by atoms with van der Waals surface area (Å²) >= 11 is 0. The fourth-order valence-corrected chi connectivity index (χ4v) is 5.45. The predicted octanol–water partition coefficient (Wildman–Crippen LogP) is 7.12. The van der Waals surface area contributed by atoms with E-state index in [1.54, 1.807) is 39.0 Å². The molecule has 0 spiro atoms. The Kier molecular flexibility index (Phi) is 10.6. The lowest BCUT2D eigenvalue weighted by Gasteiger charge is -2.37. The summed E-state index contributed by atoms with van der Waals surface area (Å²) in [4.78, 5) is 37.6. The first-order valence-corrected chi connectivity index (χ1v) is 16.0. The van der Waals surface area contributed by atoms with Crippen LogP contribution in [0.2, 0.25) is 0 Å². The molecule has 252 valence electrons. The Labute approximate surface area is 280 Å². The van der Waals surface area contributed by atoms with Crippen molar-refractivity contribution >= 4 is 29.5 Å². The van der Waals surface area contributed by atoms with Crippen LogP contribution in [0.15, 0.2) is 72.8 Å². The van der Waals surface area contributed by atoms with E-state index < -0.39 is 23.7 Å². The number of hydrogen-bond donors (Lipinski definition) is 2. The molecule has 11 heteroatoms. The maximum absolute atomic E-state index is 13.4. The summed E-state index contributed by atoms with van der Waals surface area (Å²) in [5.41, 5.74) is 4.83. The number of ether oxygens (including phenoxy) is 3. The molecule has 1 unspecified atom stereocenters. The van der Waals surface area contributed by atoms with E-state index in [4.69, 9.17) is 19.2 Å². The van der Waals surface area contributed by atoms with E-state index in [1.165, 1.54) is 12.1 Å². The second-order valence-corrected chi connectivity index (χ2v) is 12.8. The first-order chi connectivity index (χ1) is 22.9. The van der Waals surface area contributed by atoms with Gasteiger partial charge < -0.3 is 29.7 Å². The quantitative estimate of drug-likeness (QED) is 0.136. The molecule has 2 heterocycles. The van der Waals surface area contributed by atoms with Crippen LogP contribution in [0.1, 0.15) is 61.7 Å². The van der Waals surface area contributed by atoms with E-state index in [0.29, 0.717) is 30.4 Å². The summed E-state index contributed by atoms with van der Waals surface area (Å²) in [6.07, 6.45) is -0.0491. The van der Waals surface area contributed by atoms with Gasteiger partial charge in [-0.25, -0.2) is 19.0 Å². The number of halogens is 1. The van der Waals surface area contributed by atoms with Crippen LogP contribution < -0.4 is 20.3 Å². The third-order valence-electron chi connectivity index (χ3n) is 7.98. The lowest BCUT2D eigenvalue weighted by atomic mass is 9.93. The Morgan fingerprint density at radius 2 is 1.75 bits per heavy atom. The number of nitrogens with one attached hydrogen (secondary N) is 2. The van der Waals surface area contributed by atoms with Crippen LogP contribution in [-0.4, -0.2) is 46.8 Å². The van der Waals surface area contributed by atoms with E-state index in [0.717, 1.165) is 33.8 Å². The highest BCUT2D eigenvalue weighted by atomic mass is 19.1. The Bertz CT molecular complexity index is 1740. The second kappa shape index (κ2) is 14.8. The van der Waals surface area contributed by atoms with Gasteiger partial charge in [0.2, 0.25) is 5.95 Å². The average Bonchev–Trinajstić information content (AvgIpc) is 3.03. The highest BCUT2D eigenvalue weighted by Crippen LogP contribution is 2.36. The van der Waals surface area contributed by atoms with Gasteiger partial charge in [0, 0.05) is 23.5 Å². The number of nitrogens with zero attached hydrogens (tertiary/aromatic N) is 3. The minimum atomic E-state index is -1.09. The van der Waals surface area contributed by atoms with Gasteiger partial charge in [-0.2, -0.15) is 4.98 Å². The molecule has 0 saturated heterocycles. The summed E-state index contributed by atoms with van der Waals surface area (Å²) in [6.45, 7) is 12.1. The van der Waals surface area contributed by atoms with Crippen LogP contribution in [0, 0.1) is 19.7 Å². The van der Waals surface area contributed by atoms with Crippen molar-refractivity contribution < 1.29 is 28.2 Å². The largest absolute Gasteiger partial charge is 0.444 e. The van der Waals surface area contributed by atoms with E-state index in [1.807, 2.05) is 56.3 Å². The molecule has 0 radical (unpaired) electrons. The highest BCUT2D eigenvalue weighted by Gasteiger charge is 2.30. The van der Waals surface area contributed by atoms with Crippen LogP contribution in [0.5, 0.6) is 5.75 Å². The van der Waals surface area contributed by atoms with E-state index in [-0.39, 0.29) is 25.1 Å². The molecule has 1 aliphatic heterocycles.